The molecule has 0 aliphatic carbocycles. The van der Waals surface area contributed by atoms with Gasteiger partial charge in [0.25, 0.3) is 5.56 Å². The molecule has 2 rings (SSSR count). The molecule has 0 amide bonds. The van der Waals surface area contributed by atoms with Gasteiger partial charge >= 0.3 is 0 Å². The highest BCUT2D eigenvalue weighted by atomic mass is 35.5. The van der Waals surface area contributed by atoms with Gasteiger partial charge in [-0.1, -0.05) is 35.3 Å². The Morgan fingerprint density at radius 3 is 2.31 bits per heavy atom. The third kappa shape index (κ3) is 2.65. The molecule has 0 unspecified atom stereocenters. The van der Waals surface area contributed by atoms with Crippen LogP contribution in [-0.4, -0.2) is 4.98 Å². The van der Waals surface area contributed by atoms with E-state index in [0.717, 1.165) is 11.3 Å². The Morgan fingerprint density at radius 2 is 1.69 bits per heavy atom. The van der Waals surface area contributed by atoms with E-state index in [2.05, 4.69) is 4.98 Å². The van der Waals surface area contributed by atoms with Crippen molar-refractivity contribution in [3.63, 3.8) is 0 Å². The molecular weight excluding hydrogens is 245 g/mol. The van der Waals surface area contributed by atoms with Gasteiger partial charge in [-0.3, -0.25) is 4.79 Å². The summed E-state index contributed by atoms with van der Waals surface area (Å²) >= 11 is 11.4. The summed E-state index contributed by atoms with van der Waals surface area (Å²) in [6.45, 7) is 0. The fraction of sp³-hybridized carbons (Fsp3) is 0.0833. The van der Waals surface area contributed by atoms with E-state index in [1.165, 1.54) is 0 Å². The maximum atomic E-state index is 11.3. The molecule has 16 heavy (non-hydrogen) atoms. The van der Waals surface area contributed by atoms with E-state index >= 15 is 0 Å². The molecule has 0 aliphatic rings. The van der Waals surface area contributed by atoms with Crippen LogP contribution >= 0.6 is 23.2 Å². The number of aromatic amines is 1. The number of halogens is 2. The van der Waals surface area contributed by atoms with E-state index < -0.39 is 0 Å². The van der Waals surface area contributed by atoms with E-state index in [4.69, 9.17) is 23.2 Å². The normalized spacial score (nSPS) is 10.4. The topological polar surface area (TPSA) is 32.9 Å². The number of pyridine rings is 1. The zero-order valence-electron chi connectivity index (χ0n) is 8.34. The van der Waals surface area contributed by atoms with Crippen LogP contribution in [0.4, 0.5) is 0 Å². The highest BCUT2D eigenvalue weighted by Gasteiger charge is 2.00. The highest BCUT2D eigenvalue weighted by molar-refractivity contribution is 6.30. The summed E-state index contributed by atoms with van der Waals surface area (Å²) in [6, 6.07) is 10.9. The van der Waals surface area contributed by atoms with Gasteiger partial charge in [0.2, 0.25) is 0 Å². The van der Waals surface area contributed by atoms with Gasteiger partial charge in [0.15, 0.2) is 0 Å². The Kier molecular flexibility index (Phi) is 3.32. The number of benzene rings is 1. The molecule has 1 aromatic heterocycles. The average molecular weight is 254 g/mol. The quantitative estimate of drug-likeness (QED) is 0.876. The minimum Gasteiger partial charge on any atom is -0.325 e. The van der Waals surface area contributed by atoms with Crippen molar-refractivity contribution in [2.45, 2.75) is 6.42 Å². The summed E-state index contributed by atoms with van der Waals surface area (Å²) in [5, 5.41) is 0.910. The van der Waals surface area contributed by atoms with Gasteiger partial charge in [0.1, 0.15) is 5.02 Å². The van der Waals surface area contributed by atoms with E-state index in [-0.39, 0.29) is 10.6 Å². The van der Waals surface area contributed by atoms with Crippen molar-refractivity contribution in [2.75, 3.05) is 0 Å². The van der Waals surface area contributed by atoms with Crippen LogP contribution in [0.2, 0.25) is 10.0 Å². The van der Waals surface area contributed by atoms with Crippen molar-refractivity contribution in [1.82, 2.24) is 4.98 Å². The van der Waals surface area contributed by atoms with Gasteiger partial charge in [-0.05, 0) is 29.8 Å². The van der Waals surface area contributed by atoms with Crippen LogP contribution in [-0.2, 0) is 6.42 Å². The molecule has 1 N–H and O–H groups in total. The Hall–Kier alpha value is -1.25. The van der Waals surface area contributed by atoms with Crippen LogP contribution in [0.5, 0.6) is 0 Å². The molecule has 4 heteroatoms. The third-order valence-electron chi connectivity index (χ3n) is 2.23. The predicted octanol–water partition coefficient (Wildman–Crippen LogP) is 3.27. The van der Waals surface area contributed by atoms with E-state index in [9.17, 15) is 4.79 Å². The lowest BCUT2D eigenvalue weighted by Crippen LogP contribution is -2.08. The van der Waals surface area contributed by atoms with Crippen LogP contribution in [0.3, 0.4) is 0 Å². The summed E-state index contributed by atoms with van der Waals surface area (Å²) < 4.78 is 0. The molecule has 1 aromatic carbocycles. The summed E-state index contributed by atoms with van der Waals surface area (Å²) in [6.07, 6.45) is 0.656. The standard InChI is InChI=1S/C12H9Cl2NO/c13-9-3-1-8(2-4-9)7-10-5-6-11(14)12(16)15-10/h1-6H,7H2,(H,15,16). The highest BCUT2D eigenvalue weighted by Crippen LogP contribution is 2.12. The molecule has 2 nitrogen and oxygen atoms in total. The van der Waals surface area contributed by atoms with Crippen LogP contribution in [0, 0.1) is 0 Å². The largest absolute Gasteiger partial charge is 0.325 e. The first kappa shape index (κ1) is 11.2. The third-order valence-corrected chi connectivity index (χ3v) is 2.78. The van der Waals surface area contributed by atoms with Crippen molar-refractivity contribution >= 4 is 23.2 Å². The molecule has 0 spiro atoms. The molecular formula is C12H9Cl2NO. The zero-order chi connectivity index (χ0) is 11.5. The first-order valence-corrected chi connectivity index (χ1v) is 5.53. The van der Waals surface area contributed by atoms with Crippen LogP contribution in [0.1, 0.15) is 11.3 Å². The fourth-order valence-electron chi connectivity index (χ4n) is 1.42. The zero-order valence-corrected chi connectivity index (χ0v) is 9.85. The molecule has 0 atom stereocenters. The maximum Gasteiger partial charge on any atom is 0.266 e. The van der Waals surface area contributed by atoms with Crippen molar-refractivity contribution in [2.24, 2.45) is 0 Å². The molecule has 0 saturated carbocycles. The lowest BCUT2D eigenvalue weighted by Gasteiger charge is -2.02. The first-order valence-electron chi connectivity index (χ1n) is 4.77. The molecule has 2 aromatic rings. The maximum absolute atomic E-state index is 11.3. The Labute approximate surface area is 103 Å². The van der Waals surface area contributed by atoms with Crippen LogP contribution in [0.25, 0.3) is 0 Å². The van der Waals surface area contributed by atoms with E-state index in [1.807, 2.05) is 24.3 Å². The summed E-state index contributed by atoms with van der Waals surface area (Å²) in [4.78, 5) is 14.0. The van der Waals surface area contributed by atoms with Gasteiger partial charge in [-0.25, -0.2) is 0 Å². The second kappa shape index (κ2) is 4.73. The second-order valence-corrected chi connectivity index (χ2v) is 4.31. The molecule has 0 radical (unpaired) electrons. The average Bonchev–Trinajstić information content (AvgIpc) is 2.27. The summed E-state index contributed by atoms with van der Waals surface area (Å²) in [5.74, 6) is 0. The Morgan fingerprint density at radius 1 is 1.00 bits per heavy atom. The molecule has 0 fully saturated rings. The van der Waals surface area contributed by atoms with Gasteiger partial charge < -0.3 is 4.98 Å². The number of hydrogen-bond donors (Lipinski definition) is 1. The minimum absolute atomic E-state index is 0.208. The molecule has 82 valence electrons. The van der Waals surface area contributed by atoms with Gasteiger partial charge in [-0.2, -0.15) is 0 Å². The van der Waals surface area contributed by atoms with Gasteiger partial charge in [0, 0.05) is 17.1 Å². The van der Waals surface area contributed by atoms with Gasteiger partial charge in [-0.15, -0.1) is 0 Å². The molecule has 0 saturated heterocycles. The molecule has 0 aliphatic heterocycles. The number of H-pyrrole nitrogens is 1. The number of nitrogens with one attached hydrogen (secondary N) is 1. The van der Waals surface area contributed by atoms with Crippen LogP contribution < -0.4 is 5.56 Å². The monoisotopic (exact) mass is 253 g/mol. The predicted molar refractivity (Wildman–Crippen MR) is 66.3 cm³/mol. The number of hydrogen-bond acceptors (Lipinski definition) is 1. The molecule has 1 heterocycles. The fourth-order valence-corrected chi connectivity index (χ4v) is 1.66. The van der Waals surface area contributed by atoms with Crippen LogP contribution in [0.15, 0.2) is 41.2 Å². The second-order valence-electron chi connectivity index (χ2n) is 3.46. The Bertz CT molecular complexity index is 546. The number of aromatic nitrogens is 1. The van der Waals surface area contributed by atoms with Crippen molar-refractivity contribution < 1.29 is 0 Å². The first-order chi connectivity index (χ1) is 7.65. The van der Waals surface area contributed by atoms with Crippen molar-refractivity contribution in [3.05, 3.63) is 68.1 Å². The molecule has 0 bridgehead atoms. The Balaban J connectivity index is 2.24. The smallest absolute Gasteiger partial charge is 0.266 e. The lowest BCUT2D eigenvalue weighted by atomic mass is 10.1. The minimum atomic E-state index is -0.256. The summed E-state index contributed by atoms with van der Waals surface area (Å²) in [7, 11) is 0. The van der Waals surface area contributed by atoms with E-state index in [1.54, 1.807) is 12.1 Å². The van der Waals surface area contributed by atoms with E-state index in [0.29, 0.717) is 11.4 Å². The number of rotatable bonds is 2. The SMILES string of the molecule is O=c1[nH]c(Cc2ccc(Cl)cc2)ccc1Cl. The lowest BCUT2D eigenvalue weighted by molar-refractivity contribution is 1.05. The summed E-state index contributed by atoms with van der Waals surface area (Å²) in [5.41, 5.74) is 1.66. The van der Waals surface area contributed by atoms with Gasteiger partial charge in [0.05, 0.1) is 0 Å². The van der Waals surface area contributed by atoms with Crippen molar-refractivity contribution in [3.8, 4) is 0 Å². The van der Waals surface area contributed by atoms with Crippen molar-refractivity contribution in [1.29, 1.82) is 0 Å².